The van der Waals surface area contributed by atoms with Crippen LogP contribution in [0, 0.1) is 0 Å². The van der Waals surface area contributed by atoms with Crippen LogP contribution < -0.4 is 0 Å². The third kappa shape index (κ3) is 32.6. The summed E-state index contributed by atoms with van der Waals surface area (Å²) in [6, 6.07) is 0. The van der Waals surface area contributed by atoms with Crippen molar-refractivity contribution in [2.75, 3.05) is 27.4 Å². The van der Waals surface area contributed by atoms with Crippen molar-refractivity contribution in [3.05, 3.63) is 0 Å². The van der Waals surface area contributed by atoms with Gasteiger partial charge in [-0.3, -0.25) is 0 Å². The molecule has 0 atom stereocenters. The predicted molar refractivity (Wildman–Crippen MR) is 55.7 cm³/mol. The highest BCUT2D eigenvalue weighted by atomic mass is 16.5. The third-order valence-corrected chi connectivity index (χ3v) is 0.947. The number of hydrogen-bond donors (Lipinski definition) is 0. The summed E-state index contributed by atoms with van der Waals surface area (Å²) in [5, 5.41) is 0. The summed E-state index contributed by atoms with van der Waals surface area (Å²) in [6.45, 7) is 9.70. The van der Waals surface area contributed by atoms with E-state index in [9.17, 15) is 0 Å². The van der Waals surface area contributed by atoms with Gasteiger partial charge in [0.15, 0.2) is 0 Å². The summed E-state index contributed by atoms with van der Waals surface area (Å²) in [4.78, 5) is 0. The van der Waals surface area contributed by atoms with Crippen LogP contribution in [0.3, 0.4) is 0 Å². The van der Waals surface area contributed by atoms with Gasteiger partial charge in [-0.15, -0.1) is 0 Å². The summed E-state index contributed by atoms with van der Waals surface area (Å²) in [6.07, 6.45) is 2.20. The van der Waals surface area contributed by atoms with Crippen molar-refractivity contribution in [1.29, 1.82) is 0 Å². The smallest absolute Gasteiger partial charge is 0.0463 e. The van der Waals surface area contributed by atoms with E-state index in [1.165, 1.54) is 0 Å². The Bertz CT molecular complexity index is 32.8. The minimum Gasteiger partial charge on any atom is -0.385 e. The van der Waals surface area contributed by atoms with E-state index in [0.717, 1.165) is 26.1 Å². The molecule has 0 saturated carbocycles. The van der Waals surface area contributed by atoms with Crippen LogP contribution in [0.5, 0.6) is 0 Å². The zero-order chi connectivity index (χ0) is 10.2. The summed E-state index contributed by atoms with van der Waals surface area (Å²) in [5.41, 5.74) is 0. The lowest BCUT2D eigenvalue weighted by atomic mass is 10.3. The number of hydrogen-bond acceptors (Lipinski definition) is 2. The number of rotatable bonds is 5. The van der Waals surface area contributed by atoms with Gasteiger partial charge in [0.05, 0.1) is 0 Å². The molecular formula is C10H26O2. The van der Waals surface area contributed by atoms with Crippen LogP contribution in [0.1, 0.15) is 40.5 Å². The molecule has 0 radical (unpaired) electrons. The Kier molecular flexibility index (Phi) is 45.6. The molecule has 0 aliphatic carbocycles. The van der Waals surface area contributed by atoms with Crippen molar-refractivity contribution in [3.8, 4) is 0 Å². The summed E-state index contributed by atoms with van der Waals surface area (Å²) in [5.74, 6) is 0. The first-order chi connectivity index (χ1) is 5.91. The van der Waals surface area contributed by atoms with Crippen LogP contribution in [0.25, 0.3) is 0 Å². The lowest BCUT2D eigenvalue weighted by Gasteiger charge is -1.96. The Hall–Kier alpha value is -0.0800. The maximum absolute atomic E-state index is 4.83. The molecule has 0 bridgehead atoms. The van der Waals surface area contributed by atoms with Crippen molar-refractivity contribution >= 4 is 0 Å². The first-order valence-electron chi connectivity index (χ1n) is 4.89. The second-order valence-electron chi connectivity index (χ2n) is 1.69. The second-order valence-corrected chi connectivity index (χ2v) is 1.69. The molecule has 78 valence electrons. The molecule has 0 aliphatic rings. The molecule has 2 heteroatoms. The Morgan fingerprint density at radius 3 is 1.08 bits per heavy atom. The molecule has 2 nitrogen and oxygen atoms in total. The molecule has 0 N–H and O–H groups in total. The van der Waals surface area contributed by atoms with E-state index in [-0.39, 0.29) is 0 Å². The van der Waals surface area contributed by atoms with Gasteiger partial charge in [-0.2, -0.15) is 0 Å². The lowest BCUT2D eigenvalue weighted by Crippen LogP contribution is -1.92. The van der Waals surface area contributed by atoms with Crippen LogP contribution in [0.2, 0.25) is 0 Å². The SMILES string of the molecule is CC.CC.COCCCCOC. The van der Waals surface area contributed by atoms with Crippen LogP contribution in [-0.2, 0) is 9.47 Å². The van der Waals surface area contributed by atoms with E-state index >= 15 is 0 Å². The number of unbranched alkanes of at least 4 members (excludes halogenated alkanes) is 1. The fraction of sp³-hybridized carbons (Fsp3) is 1.00. The first-order valence-corrected chi connectivity index (χ1v) is 4.89. The molecule has 0 unspecified atom stereocenters. The van der Waals surface area contributed by atoms with Gasteiger partial charge >= 0.3 is 0 Å². The fourth-order valence-corrected chi connectivity index (χ4v) is 0.493. The topological polar surface area (TPSA) is 18.5 Å². The van der Waals surface area contributed by atoms with Crippen molar-refractivity contribution < 1.29 is 9.47 Å². The van der Waals surface area contributed by atoms with E-state index in [4.69, 9.17) is 9.47 Å². The lowest BCUT2D eigenvalue weighted by molar-refractivity contribution is 0.159. The van der Waals surface area contributed by atoms with Gasteiger partial charge in [-0.25, -0.2) is 0 Å². The number of methoxy groups -OCH3 is 2. The predicted octanol–water partition coefficient (Wildman–Crippen LogP) is 3.11. The molecule has 0 aliphatic heterocycles. The molecule has 0 aromatic heterocycles. The zero-order valence-corrected chi connectivity index (χ0v) is 9.64. The average molecular weight is 178 g/mol. The minimum atomic E-state index is 0.851. The van der Waals surface area contributed by atoms with Gasteiger partial charge in [-0.05, 0) is 12.8 Å². The highest BCUT2D eigenvalue weighted by Gasteiger charge is 1.83. The van der Waals surface area contributed by atoms with Crippen LogP contribution >= 0.6 is 0 Å². The maximum Gasteiger partial charge on any atom is 0.0463 e. The van der Waals surface area contributed by atoms with E-state index in [1.54, 1.807) is 14.2 Å². The fourth-order valence-electron chi connectivity index (χ4n) is 0.493. The Balaban J connectivity index is -0.000000175. The van der Waals surface area contributed by atoms with Crippen LogP contribution in [0.4, 0.5) is 0 Å². The van der Waals surface area contributed by atoms with Crippen LogP contribution in [-0.4, -0.2) is 27.4 Å². The average Bonchev–Trinajstić information content (AvgIpc) is 2.19. The highest BCUT2D eigenvalue weighted by Crippen LogP contribution is 1.87. The maximum atomic E-state index is 4.83. The monoisotopic (exact) mass is 178 g/mol. The van der Waals surface area contributed by atoms with Crippen molar-refractivity contribution in [2.45, 2.75) is 40.5 Å². The normalized spacial score (nSPS) is 7.50. The van der Waals surface area contributed by atoms with Gasteiger partial charge in [0, 0.05) is 27.4 Å². The summed E-state index contributed by atoms with van der Waals surface area (Å²) < 4.78 is 9.67. The summed E-state index contributed by atoms with van der Waals surface area (Å²) >= 11 is 0. The van der Waals surface area contributed by atoms with Crippen molar-refractivity contribution in [1.82, 2.24) is 0 Å². The third-order valence-electron chi connectivity index (χ3n) is 0.947. The van der Waals surface area contributed by atoms with E-state index in [0.29, 0.717) is 0 Å². The minimum absolute atomic E-state index is 0.851. The number of ether oxygens (including phenoxy) is 2. The van der Waals surface area contributed by atoms with Crippen LogP contribution in [0.15, 0.2) is 0 Å². The van der Waals surface area contributed by atoms with Gasteiger partial charge in [0.2, 0.25) is 0 Å². The molecule has 12 heavy (non-hydrogen) atoms. The Morgan fingerprint density at radius 1 is 0.667 bits per heavy atom. The van der Waals surface area contributed by atoms with Crippen molar-refractivity contribution in [2.24, 2.45) is 0 Å². The standard InChI is InChI=1S/C6H14O2.2C2H6/c1-7-5-3-4-6-8-2;2*1-2/h3-6H2,1-2H3;2*1-2H3. The molecule has 0 saturated heterocycles. The zero-order valence-electron chi connectivity index (χ0n) is 9.64. The van der Waals surface area contributed by atoms with E-state index in [2.05, 4.69) is 0 Å². The molecule has 0 aromatic rings. The van der Waals surface area contributed by atoms with Gasteiger partial charge in [0.25, 0.3) is 0 Å². The van der Waals surface area contributed by atoms with Gasteiger partial charge < -0.3 is 9.47 Å². The molecule has 0 amide bonds. The van der Waals surface area contributed by atoms with Crippen molar-refractivity contribution in [3.63, 3.8) is 0 Å². The molecule has 0 rings (SSSR count). The first kappa shape index (κ1) is 17.9. The van der Waals surface area contributed by atoms with Gasteiger partial charge in [-0.1, -0.05) is 27.7 Å². The quantitative estimate of drug-likeness (QED) is 0.602. The van der Waals surface area contributed by atoms with Gasteiger partial charge in [0.1, 0.15) is 0 Å². The largest absolute Gasteiger partial charge is 0.385 e. The molecule has 0 heterocycles. The Labute approximate surface area is 78.3 Å². The Morgan fingerprint density at radius 2 is 0.917 bits per heavy atom. The highest BCUT2D eigenvalue weighted by molar-refractivity contribution is 4.34. The molecular weight excluding hydrogens is 152 g/mol. The summed E-state index contributed by atoms with van der Waals surface area (Å²) in [7, 11) is 3.43. The van der Waals surface area contributed by atoms with E-state index < -0.39 is 0 Å². The molecule has 0 spiro atoms. The second kappa shape index (κ2) is 30.7. The van der Waals surface area contributed by atoms with E-state index in [1.807, 2.05) is 27.7 Å². The molecule has 0 fully saturated rings. The molecule has 0 aromatic carbocycles.